The number of methoxy groups -OCH3 is 4. The van der Waals surface area contributed by atoms with E-state index in [0.29, 0.717) is 34.4 Å². The van der Waals surface area contributed by atoms with Gasteiger partial charge in [0.05, 0.1) is 34.1 Å². The average Bonchev–Trinajstić information content (AvgIpc) is 2.82. The summed E-state index contributed by atoms with van der Waals surface area (Å²) in [7, 11) is 6.23. The van der Waals surface area contributed by atoms with Gasteiger partial charge in [0, 0.05) is 4.47 Å². The first-order valence-corrected chi connectivity index (χ1v) is 10.7. The first kappa shape index (κ1) is 24.0. The molecule has 8 heteroatoms. The van der Waals surface area contributed by atoms with Crippen LogP contribution in [0.15, 0.2) is 59.1 Å². The summed E-state index contributed by atoms with van der Waals surface area (Å²) in [5.41, 5.74) is 2.16. The summed E-state index contributed by atoms with van der Waals surface area (Å²) in [4.78, 5) is 12.4. The molecule has 3 aromatic rings. The van der Waals surface area contributed by atoms with Crippen LogP contribution in [-0.4, -0.2) is 34.5 Å². The molecule has 0 aromatic heterocycles. The second kappa shape index (κ2) is 11.3. The molecule has 7 nitrogen and oxygen atoms in total. The molecule has 0 unspecified atom stereocenters. The van der Waals surface area contributed by atoms with Gasteiger partial charge in [0.25, 0.3) is 0 Å². The molecule has 3 rings (SSSR count). The molecule has 0 heterocycles. The maximum Gasteiger partial charge on any atom is 0.417 e. The van der Waals surface area contributed by atoms with E-state index < -0.39 is 6.09 Å². The molecule has 0 saturated heterocycles. The number of hydrogen-bond donors (Lipinski definition) is 1. The number of carbonyl (C=O) groups is 1. The van der Waals surface area contributed by atoms with Crippen LogP contribution in [0.5, 0.6) is 28.7 Å². The highest BCUT2D eigenvalue weighted by Crippen LogP contribution is 2.38. The Balaban J connectivity index is 1.82. The molecular weight excluding hydrogens is 490 g/mol. The Labute approximate surface area is 201 Å². The largest absolute Gasteiger partial charge is 0.495 e. The minimum absolute atomic E-state index is 0.416. The van der Waals surface area contributed by atoms with Crippen molar-refractivity contribution in [2.45, 2.75) is 0 Å². The van der Waals surface area contributed by atoms with Gasteiger partial charge in [-0.15, -0.1) is 0 Å². The molecule has 33 heavy (non-hydrogen) atoms. The zero-order valence-corrected chi connectivity index (χ0v) is 20.3. The maximum absolute atomic E-state index is 12.4. The molecule has 3 aromatic carbocycles. The van der Waals surface area contributed by atoms with Gasteiger partial charge in [0.1, 0.15) is 11.5 Å². The summed E-state index contributed by atoms with van der Waals surface area (Å²) in [6.07, 6.45) is 3.16. The quantitative estimate of drug-likeness (QED) is 0.358. The van der Waals surface area contributed by atoms with Crippen LogP contribution < -0.4 is 29.0 Å². The third-order valence-electron chi connectivity index (χ3n) is 4.62. The third-order valence-corrected chi connectivity index (χ3v) is 5.12. The Morgan fingerprint density at radius 2 is 1.45 bits per heavy atom. The third kappa shape index (κ3) is 6.20. The smallest absolute Gasteiger partial charge is 0.417 e. The number of carbonyl (C=O) groups excluding carboxylic acids is 1. The van der Waals surface area contributed by atoms with E-state index in [1.54, 1.807) is 51.7 Å². The van der Waals surface area contributed by atoms with Crippen molar-refractivity contribution in [3.05, 3.63) is 70.2 Å². The molecule has 172 valence electrons. The van der Waals surface area contributed by atoms with Gasteiger partial charge in [0.15, 0.2) is 11.5 Å². The van der Waals surface area contributed by atoms with Crippen LogP contribution in [0.3, 0.4) is 0 Å². The van der Waals surface area contributed by atoms with Crippen LogP contribution in [0.1, 0.15) is 11.1 Å². The Morgan fingerprint density at radius 3 is 2.06 bits per heavy atom. The molecule has 1 amide bonds. The maximum atomic E-state index is 12.4. The normalized spacial score (nSPS) is 10.6. The van der Waals surface area contributed by atoms with E-state index in [-0.39, 0.29) is 0 Å². The van der Waals surface area contributed by atoms with E-state index in [0.717, 1.165) is 15.6 Å². The second-order valence-electron chi connectivity index (χ2n) is 6.72. The summed E-state index contributed by atoms with van der Waals surface area (Å²) in [6.45, 7) is 0. The van der Waals surface area contributed by atoms with E-state index >= 15 is 0 Å². The molecule has 0 aliphatic heterocycles. The number of amides is 1. The van der Waals surface area contributed by atoms with Crippen LogP contribution in [0.4, 0.5) is 10.5 Å². The summed E-state index contributed by atoms with van der Waals surface area (Å²) in [5.74, 6) is 2.57. The number of anilines is 1. The fourth-order valence-electron chi connectivity index (χ4n) is 3.09. The SMILES string of the molecule is COc1ccc(/C=C\c2cc(OC)c(OC)c(OC)c2)cc1NC(=O)Oc1cccc(Br)c1. The van der Waals surface area contributed by atoms with Gasteiger partial charge in [0.2, 0.25) is 5.75 Å². The predicted molar refractivity (Wildman–Crippen MR) is 132 cm³/mol. The van der Waals surface area contributed by atoms with Crippen molar-refractivity contribution in [1.29, 1.82) is 0 Å². The van der Waals surface area contributed by atoms with Crippen molar-refractivity contribution in [2.24, 2.45) is 0 Å². The number of nitrogens with one attached hydrogen (secondary N) is 1. The molecular formula is C25H24BrNO6. The summed E-state index contributed by atoms with van der Waals surface area (Å²) in [6, 6.07) is 16.1. The fourth-order valence-corrected chi connectivity index (χ4v) is 3.47. The van der Waals surface area contributed by atoms with E-state index in [1.165, 1.54) is 7.11 Å². The molecule has 1 N–H and O–H groups in total. The Bertz CT molecular complexity index is 1140. The summed E-state index contributed by atoms with van der Waals surface area (Å²) in [5, 5.41) is 2.73. The highest BCUT2D eigenvalue weighted by Gasteiger charge is 2.13. The molecule has 0 aliphatic carbocycles. The summed E-state index contributed by atoms with van der Waals surface area (Å²) >= 11 is 3.35. The molecule has 0 radical (unpaired) electrons. The molecule has 0 bridgehead atoms. The molecule has 0 fully saturated rings. The van der Waals surface area contributed by atoms with Gasteiger partial charge in [-0.25, -0.2) is 4.79 Å². The highest BCUT2D eigenvalue weighted by atomic mass is 79.9. The Morgan fingerprint density at radius 1 is 0.788 bits per heavy atom. The minimum atomic E-state index is -0.628. The number of ether oxygens (including phenoxy) is 5. The molecule has 0 saturated carbocycles. The van der Waals surface area contributed by atoms with Crippen molar-refractivity contribution < 1.29 is 28.5 Å². The molecule has 0 spiro atoms. The van der Waals surface area contributed by atoms with Gasteiger partial charge < -0.3 is 23.7 Å². The van der Waals surface area contributed by atoms with E-state index in [1.807, 2.05) is 36.4 Å². The van der Waals surface area contributed by atoms with E-state index in [2.05, 4.69) is 21.2 Å². The summed E-state index contributed by atoms with van der Waals surface area (Å²) < 4.78 is 27.7. The number of rotatable bonds is 8. The lowest BCUT2D eigenvalue weighted by molar-refractivity contribution is 0.215. The van der Waals surface area contributed by atoms with Crippen molar-refractivity contribution >= 4 is 39.9 Å². The van der Waals surface area contributed by atoms with Crippen LogP contribution in [0, 0.1) is 0 Å². The van der Waals surface area contributed by atoms with Crippen LogP contribution in [-0.2, 0) is 0 Å². The Kier molecular flexibility index (Phi) is 8.21. The van der Waals surface area contributed by atoms with Crippen molar-refractivity contribution in [1.82, 2.24) is 0 Å². The lowest BCUT2D eigenvalue weighted by Gasteiger charge is -2.13. The average molecular weight is 514 g/mol. The molecule has 0 aliphatic rings. The van der Waals surface area contributed by atoms with Gasteiger partial charge in [-0.3, -0.25) is 5.32 Å². The fraction of sp³-hybridized carbons (Fsp3) is 0.160. The zero-order valence-electron chi connectivity index (χ0n) is 18.7. The molecule has 0 atom stereocenters. The van der Waals surface area contributed by atoms with E-state index in [4.69, 9.17) is 23.7 Å². The van der Waals surface area contributed by atoms with Crippen LogP contribution >= 0.6 is 15.9 Å². The Hall–Kier alpha value is -3.65. The first-order valence-electron chi connectivity index (χ1n) is 9.88. The number of benzene rings is 3. The van der Waals surface area contributed by atoms with Gasteiger partial charge in [-0.1, -0.05) is 40.2 Å². The van der Waals surface area contributed by atoms with Crippen LogP contribution in [0.2, 0.25) is 0 Å². The van der Waals surface area contributed by atoms with Crippen molar-refractivity contribution in [3.63, 3.8) is 0 Å². The van der Waals surface area contributed by atoms with Gasteiger partial charge in [-0.2, -0.15) is 0 Å². The second-order valence-corrected chi connectivity index (χ2v) is 7.64. The van der Waals surface area contributed by atoms with Crippen molar-refractivity contribution in [3.8, 4) is 28.7 Å². The predicted octanol–water partition coefficient (Wildman–Crippen LogP) is 6.26. The van der Waals surface area contributed by atoms with Crippen LogP contribution in [0.25, 0.3) is 12.2 Å². The highest BCUT2D eigenvalue weighted by molar-refractivity contribution is 9.10. The van der Waals surface area contributed by atoms with Gasteiger partial charge in [-0.05, 0) is 53.6 Å². The first-order chi connectivity index (χ1) is 16.0. The topological polar surface area (TPSA) is 75.3 Å². The van der Waals surface area contributed by atoms with Crippen molar-refractivity contribution in [2.75, 3.05) is 33.8 Å². The zero-order chi connectivity index (χ0) is 23.8. The lowest BCUT2D eigenvalue weighted by Crippen LogP contribution is -2.17. The van der Waals surface area contributed by atoms with Gasteiger partial charge >= 0.3 is 6.09 Å². The number of halogens is 1. The monoisotopic (exact) mass is 513 g/mol. The minimum Gasteiger partial charge on any atom is -0.495 e. The number of hydrogen-bond acceptors (Lipinski definition) is 6. The lowest BCUT2D eigenvalue weighted by atomic mass is 10.1. The van der Waals surface area contributed by atoms with E-state index in [9.17, 15) is 4.79 Å². The standard InChI is InChI=1S/C25H24BrNO6/c1-29-21-11-10-16(8-9-17-13-22(30-2)24(32-4)23(14-17)31-3)12-20(21)27-25(28)33-19-7-5-6-18(26)15-19/h5-15H,1-4H3,(H,27,28)/b9-8-.